The van der Waals surface area contributed by atoms with Gasteiger partial charge in [-0.3, -0.25) is 4.98 Å². The van der Waals surface area contributed by atoms with Crippen molar-refractivity contribution in [1.29, 1.82) is 5.26 Å². The molecule has 0 aliphatic carbocycles. The average Bonchev–Trinajstić information content (AvgIpc) is 2.33. The monoisotopic (exact) mass is 355 g/mol. The van der Waals surface area contributed by atoms with E-state index in [1.165, 1.54) is 0 Å². The minimum absolute atomic E-state index is 0.561. The summed E-state index contributed by atoms with van der Waals surface area (Å²) < 4.78 is 0.989. The Bertz CT molecular complexity index is 593. The van der Waals surface area contributed by atoms with Crippen molar-refractivity contribution in [3.8, 4) is 6.07 Å². The van der Waals surface area contributed by atoms with Gasteiger partial charge in [-0.2, -0.15) is 5.26 Å². The normalized spacial score (nSPS) is 9.71. The lowest BCUT2D eigenvalue weighted by Crippen LogP contribution is -1.96. The second-order valence-electron chi connectivity index (χ2n) is 3.28. The molecular weight excluding hydrogens is 349 g/mol. The summed E-state index contributed by atoms with van der Waals surface area (Å²) in [5, 5.41) is 12.8. The highest BCUT2D eigenvalue weighted by atomic mass is 127. The van der Waals surface area contributed by atoms with Crippen LogP contribution in [-0.4, -0.2) is 4.98 Å². The minimum atomic E-state index is 0.561. The maximum absolute atomic E-state index is 8.97. The van der Waals surface area contributed by atoms with Crippen molar-refractivity contribution in [2.45, 2.75) is 0 Å². The summed E-state index contributed by atoms with van der Waals surface area (Å²) in [5.41, 5.74) is 2.15. The second kappa shape index (κ2) is 5.34. The van der Waals surface area contributed by atoms with Crippen LogP contribution >= 0.6 is 34.2 Å². The van der Waals surface area contributed by atoms with Gasteiger partial charge in [0.1, 0.15) is 6.07 Å². The molecule has 0 amide bonds. The van der Waals surface area contributed by atoms with Crippen LogP contribution in [0.4, 0.5) is 11.4 Å². The summed E-state index contributed by atoms with van der Waals surface area (Å²) in [6.07, 6.45) is 3.22. The summed E-state index contributed by atoms with van der Waals surface area (Å²) in [5.74, 6) is 0. The van der Waals surface area contributed by atoms with E-state index in [1.54, 1.807) is 24.5 Å². The summed E-state index contributed by atoms with van der Waals surface area (Å²) in [4.78, 5) is 3.99. The number of hydrogen-bond donors (Lipinski definition) is 1. The molecule has 5 heteroatoms. The molecule has 0 unspecified atom stereocenters. The third-order valence-corrected chi connectivity index (χ3v) is 3.27. The predicted molar refractivity (Wildman–Crippen MR) is 76.4 cm³/mol. The van der Waals surface area contributed by atoms with E-state index in [0.29, 0.717) is 16.3 Å². The summed E-state index contributed by atoms with van der Waals surface area (Å²) in [6, 6.07) is 9.31. The van der Waals surface area contributed by atoms with Gasteiger partial charge >= 0.3 is 0 Å². The highest BCUT2D eigenvalue weighted by Gasteiger charge is 2.05. The number of nitrogens with zero attached hydrogens (tertiary/aromatic N) is 2. The highest BCUT2D eigenvalue weighted by Crippen LogP contribution is 2.26. The van der Waals surface area contributed by atoms with E-state index in [2.05, 4.69) is 39.0 Å². The molecule has 0 aliphatic rings. The van der Waals surface area contributed by atoms with E-state index < -0.39 is 0 Å². The summed E-state index contributed by atoms with van der Waals surface area (Å²) in [6.45, 7) is 0. The second-order valence-corrected chi connectivity index (χ2v) is 4.88. The maximum Gasteiger partial charge on any atom is 0.101 e. The Balaban J connectivity index is 2.35. The van der Waals surface area contributed by atoms with Gasteiger partial charge in [-0.1, -0.05) is 11.6 Å². The molecular formula is C12H7ClIN3. The zero-order valence-corrected chi connectivity index (χ0v) is 11.5. The molecule has 2 aromatic rings. The fourth-order valence-corrected chi connectivity index (χ4v) is 2.33. The molecule has 1 heterocycles. The first-order chi connectivity index (χ1) is 8.20. The SMILES string of the molecule is N#Cc1ccncc1Nc1ccc(Cl)cc1I. The topological polar surface area (TPSA) is 48.7 Å². The molecule has 1 aromatic carbocycles. The van der Waals surface area contributed by atoms with Gasteiger partial charge < -0.3 is 5.32 Å². The third-order valence-electron chi connectivity index (χ3n) is 2.14. The predicted octanol–water partition coefficient (Wildman–Crippen LogP) is 3.95. The molecule has 0 saturated heterocycles. The van der Waals surface area contributed by atoms with Crippen LogP contribution in [0.2, 0.25) is 5.02 Å². The Hall–Kier alpha value is -1.32. The standard InChI is InChI=1S/C12H7ClIN3/c13-9-1-2-11(10(14)5-9)17-12-7-16-4-3-8(12)6-15/h1-5,7,17H. The number of nitrogens with one attached hydrogen (secondary N) is 1. The Labute approximate surface area is 118 Å². The van der Waals surface area contributed by atoms with Crippen molar-refractivity contribution in [3.05, 3.63) is 50.8 Å². The number of aromatic nitrogens is 1. The van der Waals surface area contributed by atoms with Crippen LogP contribution in [0.5, 0.6) is 0 Å². The molecule has 2 rings (SSSR count). The van der Waals surface area contributed by atoms with Gasteiger partial charge in [0.2, 0.25) is 0 Å². The molecule has 0 saturated carbocycles. The van der Waals surface area contributed by atoms with E-state index in [0.717, 1.165) is 9.26 Å². The van der Waals surface area contributed by atoms with Crippen molar-refractivity contribution >= 4 is 45.6 Å². The van der Waals surface area contributed by atoms with Gasteiger partial charge in [0.25, 0.3) is 0 Å². The summed E-state index contributed by atoms with van der Waals surface area (Å²) in [7, 11) is 0. The number of halogens is 2. The molecule has 0 radical (unpaired) electrons. The average molecular weight is 356 g/mol. The molecule has 1 aromatic heterocycles. The van der Waals surface area contributed by atoms with Gasteiger partial charge in [0.05, 0.1) is 23.1 Å². The maximum atomic E-state index is 8.97. The molecule has 0 atom stereocenters. The molecule has 3 nitrogen and oxygen atoms in total. The molecule has 1 N–H and O–H groups in total. The van der Waals surface area contributed by atoms with Crippen LogP contribution in [0, 0.1) is 14.9 Å². The Kier molecular flexibility index (Phi) is 3.82. The zero-order chi connectivity index (χ0) is 12.3. The number of nitriles is 1. The number of anilines is 2. The van der Waals surface area contributed by atoms with Crippen LogP contribution in [0.1, 0.15) is 5.56 Å². The largest absolute Gasteiger partial charge is 0.352 e. The van der Waals surface area contributed by atoms with Crippen molar-refractivity contribution < 1.29 is 0 Å². The summed E-state index contributed by atoms with van der Waals surface area (Å²) >= 11 is 8.07. The first-order valence-corrected chi connectivity index (χ1v) is 6.22. The lowest BCUT2D eigenvalue weighted by atomic mass is 10.2. The van der Waals surface area contributed by atoms with Crippen molar-refractivity contribution in [2.24, 2.45) is 0 Å². The Morgan fingerprint density at radius 2 is 2.12 bits per heavy atom. The van der Waals surface area contributed by atoms with E-state index in [-0.39, 0.29) is 0 Å². The third kappa shape index (κ3) is 2.87. The van der Waals surface area contributed by atoms with Crippen molar-refractivity contribution in [1.82, 2.24) is 4.98 Å². The van der Waals surface area contributed by atoms with E-state index >= 15 is 0 Å². The van der Waals surface area contributed by atoms with Crippen molar-refractivity contribution in [2.75, 3.05) is 5.32 Å². The fourth-order valence-electron chi connectivity index (χ4n) is 1.33. The Morgan fingerprint density at radius 1 is 1.29 bits per heavy atom. The molecule has 17 heavy (non-hydrogen) atoms. The van der Waals surface area contributed by atoms with E-state index in [4.69, 9.17) is 16.9 Å². The van der Waals surface area contributed by atoms with E-state index in [9.17, 15) is 0 Å². The van der Waals surface area contributed by atoms with E-state index in [1.807, 2.05) is 12.1 Å². The van der Waals surface area contributed by atoms with Gasteiger partial charge in [-0.25, -0.2) is 0 Å². The quantitative estimate of drug-likeness (QED) is 0.830. The minimum Gasteiger partial charge on any atom is -0.352 e. The number of hydrogen-bond acceptors (Lipinski definition) is 3. The number of pyridine rings is 1. The van der Waals surface area contributed by atoms with Crippen LogP contribution in [0.25, 0.3) is 0 Å². The molecule has 0 bridgehead atoms. The highest BCUT2D eigenvalue weighted by molar-refractivity contribution is 14.1. The Morgan fingerprint density at radius 3 is 2.82 bits per heavy atom. The molecule has 84 valence electrons. The first-order valence-electron chi connectivity index (χ1n) is 4.77. The van der Waals surface area contributed by atoms with Crippen LogP contribution in [-0.2, 0) is 0 Å². The van der Waals surface area contributed by atoms with Crippen LogP contribution < -0.4 is 5.32 Å². The lowest BCUT2D eigenvalue weighted by molar-refractivity contribution is 1.30. The van der Waals surface area contributed by atoms with Gasteiger partial charge in [0.15, 0.2) is 0 Å². The first kappa shape index (κ1) is 12.1. The molecule has 0 fully saturated rings. The van der Waals surface area contributed by atoms with Crippen LogP contribution in [0.15, 0.2) is 36.7 Å². The molecule has 0 aliphatic heterocycles. The van der Waals surface area contributed by atoms with Gasteiger partial charge in [0, 0.05) is 14.8 Å². The lowest BCUT2D eigenvalue weighted by Gasteiger charge is -2.09. The van der Waals surface area contributed by atoms with Gasteiger partial charge in [-0.05, 0) is 46.9 Å². The smallest absolute Gasteiger partial charge is 0.101 e. The van der Waals surface area contributed by atoms with Gasteiger partial charge in [-0.15, -0.1) is 0 Å². The van der Waals surface area contributed by atoms with Crippen LogP contribution in [0.3, 0.4) is 0 Å². The molecule has 0 spiro atoms. The fraction of sp³-hybridized carbons (Fsp3) is 0. The zero-order valence-electron chi connectivity index (χ0n) is 8.61. The van der Waals surface area contributed by atoms with Crippen molar-refractivity contribution in [3.63, 3.8) is 0 Å². The number of rotatable bonds is 2. The number of benzene rings is 1.